The molecule has 0 saturated carbocycles. The number of benzene rings is 8. The monoisotopic (exact) mass is 2040 g/mol. The Kier molecular flexibility index (Phi) is 53.7. The third-order valence-corrected chi connectivity index (χ3v) is 27.5. The van der Waals surface area contributed by atoms with E-state index in [1.807, 2.05) is 254 Å². The van der Waals surface area contributed by atoms with Gasteiger partial charge in [0.2, 0.25) is 30.4 Å². The number of likely N-dealkylation sites (N-methyl/N-ethyl adjacent to an activating group) is 1. The van der Waals surface area contributed by atoms with E-state index in [-0.39, 0.29) is 111 Å². The lowest BCUT2D eigenvalue weighted by Gasteiger charge is -2.30. The summed E-state index contributed by atoms with van der Waals surface area (Å²) in [7, 11) is 17.9. The van der Waals surface area contributed by atoms with E-state index >= 15 is 0 Å². The van der Waals surface area contributed by atoms with Crippen molar-refractivity contribution in [2.45, 2.75) is 187 Å². The quantitative estimate of drug-likeness (QED) is 0.0152. The summed E-state index contributed by atoms with van der Waals surface area (Å²) in [6.45, 7) is 25.2. The van der Waals surface area contributed by atoms with Gasteiger partial charge in [-0.15, -0.1) is 0 Å². The fourth-order valence-corrected chi connectivity index (χ4v) is 19.7. The van der Waals surface area contributed by atoms with Gasteiger partial charge in [0, 0.05) is 120 Å². The number of hydrogen-bond acceptors (Lipinski definition) is 22. The second-order valence-corrected chi connectivity index (χ2v) is 38.2. The van der Waals surface area contributed by atoms with Crippen LogP contribution in [0.1, 0.15) is 185 Å². The van der Waals surface area contributed by atoms with E-state index in [2.05, 4.69) is 69.3 Å². The number of unbranched alkanes of at least 4 members (excludes halogenated alkanes) is 4. The summed E-state index contributed by atoms with van der Waals surface area (Å²) in [4.78, 5) is 112. The number of nitrogens with one attached hydrogen (secondary N) is 2. The molecule has 4 saturated heterocycles. The zero-order chi connectivity index (χ0) is 107. The van der Waals surface area contributed by atoms with Gasteiger partial charge in [-0.3, -0.25) is 58.0 Å². The number of carboxylic acid groups (broad SMARTS) is 4. The van der Waals surface area contributed by atoms with Crippen LogP contribution in [0.4, 0.5) is 0 Å². The lowest BCUT2D eigenvalue weighted by molar-refractivity contribution is -0.870. The maximum atomic E-state index is 13.3. The van der Waals surface area contributed by atoms with Crippen LogP contribution in [0.25, 0.3) is 0 Å². The molecule has 0 aromatic heterocycles. The van der Waals surface area contributed by atoms with E-state index < -0.39 is 47.5 Å². The largest absolute Gasteiger partial charge is 0.497 e. The molecule has 147 heavy (non-hydrogen) atoms. The summed E-state index contributed by atoms with van der Waals surface area (Å²) < 4.78 is 53.5. The molecule has 5 aliphatic heterocycles. The molecule has 4 fully saturated rings. The summed E-state index contributed by atoms with van der Waals surface area (Å²) in [5.41, 5.74) is 3.81. The second kappa shape index (κ2) is 65.1. The Morgan fingerprint density at radius 3 is 1.01 bits per heavy atom. The Hall–Kier alpha value is -12.7. The molecule has 0 aliphatic carbocycles. The van der Waals surface area contributed by atoms with Crippen molar-refractivity contribution in [3.63, 3.8) is 0 Å². The topological polar surface area (TPSA) is 353 Å². The summed E-state index contributed by atoms with van der Waals surface area (Å²) >= 11 is 0. The highest BCUT2D eigenvalue weighted by Crippen LogP contribution is 2.46. The van der Waals surface area contributed by atoms with E-state index in [4.69, 9.17) is 47.4 Å². The second-order valence-electron chi connectivity index (χ2n) is 38.2. The molecule has 6 N–H and O–H groups in total. The lowest BCUT2D eigenvalue weighted by atomic mass is 9.84. The van der Waals surface area contributed by atoms with Gasteiger partial charge in [0.15, 0.2) is 23.0 Å². The number of methoxy groups -OCH3 is 7. The summed E-state index contributed by atoms with van der Waals surface area (Å²) in [6, 6.07) is 64.0. The van der Waals surface area contributed by atoms with Crippen LogP contribution in [0.2, 0.25) is 0 Å². The van der Waals surface area contributed by atoms with Crippen molar-refractivity contribution in [2.24, 2.45) is 23.7 Å². The first-order chi connectivity index (χ1) is 70.9. The Bertz CT molecular complexity index is 5070. The lowest BCUT2D eigenvalue weighted by Crippen LogP contribution is -2.45. The summed E-state index contributed by atoms with van der Waals surface area (Å²) in [6.07, 6.45) is 11.4. The van der Waals surface area contributed by atoms with E-state index in [0.717, 1.165) is 145 Å². The van der Waals surface area contributed by atoms with Gasteiger partial charge in [-0.1, -0.05) is 183 Å². The Balaban J connectivity index is 0.000000247. The van der Waals surface area contributed by atoms with Crippen LogP contribution in [-0.4, -0.2) is 308 Å². The number of amides is 4. The van der Waals surface area contributed by atoms with E-state index in [0.29, 0.717) is 94.5 Å². The molecule has 5 heterocycles. The van der Waals surface area contributed by atoms with Crippen molar-refractivity contribution in [3.8, 4) is 57.5 Å². The van der Waals surface area contributed by atoms with Crippen LogP contribution in [0.3, 0.4) is 0 Å². The van der Waals surface area contributed by atoms with Crippen LogP contribution >= 0.6 is 0 Å². The van der Waals surface area contributed by atoms with Gasteiger partial charge in [-0.2, -0.15) is 0 Å². The molecule has 8 aromatic rings. The maximum absolute atomic E-state index is 13.3. The van der Waals surface area contributed by atoms with E-state index in [9.17, 15) is 58.8 Å². The SMILES string of the molecule is CCCCN(CC)C(=O)CN1C[C@H](c2ccc(OC)cc2)[C@@H](C(=O)O)[C@@H]1CC.CCCCN(CCC[N+](C)(C)C)C(=O)CN1C[C@H](c2ccc(OC)cc2)[C@@H](C(=O)O)[C@@H]1CC.CCCCNC(=O)CN1C[C@H](c2ccc(OC)cc2)[C@@H](C(=O)O)[C@@H]1CC.CCCCNC(=O)CN1C[C@H](c2ccc3c(c2)OCO3)[C@@H](C(=O)O)[C@@H]1CCOc1ccccc1OC.COc1ccccc1.COc1ccccc1.COc1ccccc1. The van der Waals surface area contributed by atoms with Crippen molar-refractivity contribution in [1.29, 1.82) is 0 Å². The molecule has 12 atom stereocenters. The highest BCUT2D eigenvalue weighted by Gasteiger charge is 2.51. The normalized spacial score (nSPS) is 19.6. The first kappa shape index (κ1) is 121. The molecule has 13 rings (SSSR count). The fourth-order valence-electron chi connectivity index (χ4n) is 19.7. The summed E-state index contributed by atoms with van der Waals surface area (Å²) in [5, 5.41) is 46.0. The highest BCUT2D eigenvalue weighted by atomic mass is 16.7. The number of carbonyl (C=O) groups is 8. The van der Waals surface area contributed by atoms with Gasteiger partial charge in [0.25, 0.3) is 0 Å². The van der Waals surface area contributed by atoms with Gasteiger partial charge in [0.05, 0.1) is 134 Å². The number of aliphatic carboxylic acids is 4. The maximum Gasteiger partial charge on any atom is 0.308 e. The summed E-state index contributed by atoms with van der Waals surface area (Å²) in [5.74, 6) is 1.26. The van der Waals surface area contributed by atoms with Gasteiger partial charge >= 0.3 is 23.9 Å². The number of nitrogens with zero attached hydrogens (tertiary/aromatic N) is 7. The average molecular weight is 2040 g/mol. The zero-order valence-electron chi connectivity index (χ0n) is 90.0. The predicted molar refractivity (Wildman–Crippen MR) is 573 cm³/mol. The number of carbonyl (C=O) groups excluding carboxylic acids is 4. The fraction of sp³-hybridized carbons (Fsp3) is 0.517. The molecule has 0 spiro atoms. The molecule has 0 radical (unpaired) electrons. The Morgan fingerprint density at radius 2 is 0.667 bits per heavy atom. The third-order valence-electron chi connectivity index (χ3n) is 27.5. The molecule has 5 aliphatic rings. The highest BCUT2D eigenvalue weighted by molar-refractivity contribution is 5.82. The molecule has 0 unspecified atom stereocenters. The molecule has 8 aromatic carbocycles. The smallest absolute Gasteiger partial charge is 0.308 e. The van der Waals surface area contributed by atoms with Gasteiger partial charge in [-0.25, -0.2) is 0 Å². The number of ether oxygens (including phenoxy) is 10. The number of rotatable bonds is 47. The standard InChI is InChI=1S/C27H34N2O7.C26H43N3O4.C22H34N2O4.C20H30N2O4.3C7H8O/c1-3-4-12-28-25(30)16-29-15-19(18-9-10-23-24(14-18)36-17-35-23)26(27(31)32)20(29)11-13-34-22-8-6-5-7-21(22)33-2;1-7-9-15-27(16-10-17-29(3,4)5)24(30)19-28-18-22(25(26(31)32)23(28)8-2)20-11-13-21(33-6)14-12-20;1-5-8-13-23(7-3)20(25)15-24-14-18(21(22(26)27)19(24)6-2)16-9-11-17(28-4)12-10-16;1-4-6-11-21-18(23)13-22-12-16(19(20(24)25)17(22)5-2)14-7-9-15(26-3)10-8-14;3*1-8-7-5-3-2-4-6-7/h5-10,14,19-20,26H,3-4,11-13,15-17H2,1-2H3,(H,28,30)(H,31,32);11-14,22-23,25H,7-10,15-19H2,1-6H3;9-12,18-19,21H,5-8,13-15H2,1-4H3,(H,26,27);7-10,16-17,19H,4-6,11-13H2,1-3H3,(H,21,23)(H,24,25);3*2-6H,1H3/p+1/t19-,20+,26-;22-,23+,25-;18-,19+,21-;16-,17+,19-;;;/m1111.../s1. The minimum Gasteiger partial charge on any atom is -0.497 e. The molecular formula is C116H166N9O22+. The number of fused-ring (bicyclic) bond motifs is 1. The Labute approximate surface area is 872 Å². The zero-order valence-corrected chi connectivity index (χ0v) is 90.0. The van der Waals surface area contributed by atoms with Crippen molar-refractivity contribution < 1.29 is 111 Å². The minimum atomic E-state index is -0.895. The van der Waals surface area contributed by atoms with Gasteiger partial charge in [-0.05, 0) is 178 Å². The molecule has 4 amide bonds. The van der Waals surface area contributed by atoms with Crippen molar-refractivity contribution >= 4 is 47.5 Å². The first-order valence-electron chi connectivity index (χ1n) is 52.0. The van der Waals surface area contributed by atoms with E-state index in [1.165, 1.54) is 0 Å². The number of likely N-dealkylation sites (tertiary alicyclic amines) is 4. The number of carboxylic acids is 4. The molecule has 806 valence electrons. The molecule has 31 heteroatoms. The average Bonchev–Trinajstić information content (AvgIpc) is 1.82. The van der Waals surface area contributed by atoms with Crippen LogP contribution < -0.4 is 58.0 Å². The van der Waals surface area contributed by atoms with Crippen LogP contribution in [0.15, 0.2) is 206 Å². The van der Waals surface area contributed by atoms with Crippen molar-refractivity contribution in [2.75, 3.05) is 182 Å². The minimum absolute atomic E-state index is 0.0311. The van der Waals surface area contributed by atoms with Crippen LogP contribution in [0, 0.1) is 23.7 Å². The number of para-hydroxylation sites is 5. The Morgan fingerprint density at radius 1 is 0.354 bits per heavy atom. The number of hydrogen-bond donors (Lipinski definition) is 6. The predicted octanol–water partition coefficient (Wildman–Crippen LogP) is 17.4. The molecule has 0 bridgehead atoms. The first-order valence-corrected chi connectivity index (χ1v) is 52.0. The molecule has 31 nitrogen and oxygen atoms in total. The molecular weight excluding hydrogens is 1870 g/mol. The number of quaternary nitrogens is 1. The van der Waals surface area contributed by atoms with Gasteiger partial charge in [0.1, 0.15) is 34.5 Å². The van der Waals surface area contributed by atoms with Crippen molar-refractivity contribution in [3.05, 3.63) is 229 Å². The van der Waals surface area contributed by atoms with Crippen LogP contribution in [0.5, 0.6) is 57.5 Å². The third kappa shape index (κ3) is 38.5. The van der Waals surface area contributed by atoms with Gasteiger partial charge < -0.3 is 92.7 Å². The van der Waals surface area contributed by atoms with Crippen molar-refractivity contribution in [1.82, 2.24) is 40.0 Å². The van der Waals surface area contributed by atoms with E-state index in [1.54, 1.807) is 49.8 Å². The van der Waals surface area contributed by atoms with Crippen LogP contribution in [-0.2, 0) is 38.4 Å².